The molecule has 0 radical (unpaired) electrons. The van der Waals surface area contributed by atoms with Gasteiger partial charge in [-0.2, -0.15) is 7.82 Å². The van der Waals surface area contributed by atoms with Crippen molar-refractivity contribution in [2.45, 2.75) is 39.5 Å². The van der Waals surface area contributed by atoms with Crippen LogP contribution in [-0.2, 0) is 9.36 Å². The number of carboxylic acids is 1. The van der Waals surface area contributed by atoms with Crippen LogP contribution >= 0.6 is 7.82 Å². The number of carboxylic acid groups (broad SMARTS) is 1. The molecule has 0 aliphatic heterocycles. The maximum absolute atomic E-state index is 10.3. The molecule has 0 aromatic carbocycles. The van der Waals surface area contributed by atoms with Crippen molar-refractivity contribution in [3.8, 4) is 0 Å². The molecule has 0 atom stereocenters. The summed E-state index contributed by atoms with van der Waals surface area (Å²) in [7, 11) is -5.39. The maximum atomic E-state index is 10.3. The van der Waals surface area contributed by atoms with E-state index in [4.69, 9.17) is 24.4 Å². The van der Waals surface area contributed by atoms with Gasteiger partial charge in [0.05, 0.1) is 0 Å². The monoisotopic (exact) mass is 320 g/mol. The van der Waals surface area contributed by atoms with Crippen LogP contribution in [0.5, 0.6) is 0 Å². The Kier molecular flexibility index (Phi) is 35.3. The molecule has 0 fully saturated rings. The summed E-state index contributed by atoms with van der Waals surface area (Å²) in [5.74, 6) is -0.804. The third kappa shape index (κ3) is 44.9. The van der Waals surface area contributed by atoms with Crippen molar-refractivity contribution in [1.82, 2.24) is 0 Å². The summed E-state index contributed by atoms with van der Waals surface area (Å²) in [6.07, 6.45) is 6.15. The molecule has 0 aromatic heterocycles. The van der Waals surface area contributed by atoms with E-state index >= 15 is 0 Å². The number of hydrogen-bond donors (Lipinski definition) is 1. The topological polar surface area (TPSA) is 124 Å². The second-order valence-corrected chi connectivity index (χ2v) is 4.03. The number of aliphatic carboxylic acids is 1. The maximum Gasteiger partial charge on any atom is 1.00 e. The molecule has 96 valence electrons. The molecule has 0 saturated carbocycles. The fraction of sp³-hybridized carbons (Fsp3) is 0.667. The second-order valence-electron chi connectivity index (χ2n) is 3.14. The van der Waals surface area contributed by atoms with E-state index in [1.54, 1.807) is 13.0 Å². The molecule has 0 heterocycles. The van der Waals surface area contributed by atoms with Crippen molar-refractivity contribution in [2.75, 3.05) is 0 Å². The number of phosphoric acid groups is 1. The number of carbonyl (C=O) groups is 1. The van der Waals surface area contributed by atoms with E-state index in [9.17, 15) is 4.79 Å². The first kappa shape index (κ1) is 33.1. The fourth-order valence-corrected chi connectivity index (χ4v) is 0.800. The summed E-state index contributed by atoms with van der Waals surface area (Å²) < 4.78 is 8.55. The van der Waals surface area contributed by atoms with E-state index in [1.165, 1.54) is 12.8 Å². The van der Waals surface area contributed by atoms with E-state index in [1.807, 2.05) is 0 Å². The Hall–Kier alpha value is 2.32. The van der Waals surface area contributed by atoms with Crippen molar-refractivity contribution in [3.63, 3.8) is 0 Å². The summed E-state index contributed by atoms with van der Waals surface area (Å²) in [5.41, 5.74) is 0.459. The average Bonchev–Trinajstić information content (AvgIpc) is 2.09. The van der Waals surface area contributed by atoms with Crippen molar-refractivity contribution in [1.29, 1.82) is 0 Å². The van der Waals surface area contributed by atoms with Gasteiger partial charge in [0.25, 0.3) is 0 Å². The van der Waals surface area contributed by atoms with Gasteiger partial charge in [0.15, 0.2) is 0 Å². The summed E-state index contributed by atoms with van der Waals surface area (Å²) in [5, 5.41) is 8.47. The Morgan fingerprint density at radius 1 is 1.16 bits per heavy atom. The Balaban J connectivity index is -0.0000000717. The first-order valence-corrected chi connectivity index (χ1v) is 6.27. The van der Waals surface area contributed by atoms with Gasteiger partial charge in [-0.1, -0.05) is 25.8 Å². The molecule has 6 nitrogen and oxygen atoms in total. The van der Waals surface area contributed by atoms with Crippen LogP contribution in [0, 0.1) is 0 Å². The zero-order valence-corrected chi connectivity index (χ0v) is 19.2. The molecule has 0 bridgehead atoms. The van der Waals surface area contributed by atoms with Crippen LogP contribution in [0.4, 0.5) is 0 Å². The molecule has 0 saturated heterocycles. The van der Waals surface area contributed by atoms with E-state index < -0.39 is 13.8 Å². The van der Waals surface area contributed by atoms with Crippen LogP contribution in [0.25, 0.3) is 0 Å². The first-order chi connectivity index (χ1) is 7.18. The summed E-state index contributed by atoms with van der Waals surface area (Å²) in [6, 6.07) is 0. The van der Waals surface area contributed by atoms with E-state index in [0.29, 0.717) is 5.57 Å². The molecule has 0 aromatic rings. The van der Waals surface area contributed by atoms with E-state index in [-0.39, 0.29) is 88.7 Å². The fourth-order valence-electron chi connectivity index (χ4n) is 0.800. The van der Waals surface area contributed by atoms with Crippen LogP contribution in [0.15, 0.2) is 11.6 Å². The molecule has 0 spiro atoms. The van der Waals surface area contributed by atoms with E-state index in [0.717, 1.165) is 12.8 Å². The van der Waals surface area contributed by atoms with Crippen molar-refractivity contribution in [2.24, 2.45) is 0 Å². The van der Waals surface area contributed by atoms with Crippen LogP contribution in [0.2, 0.25) is 0 Å². The minimum atomic E-state index is -5.39. The summed E-state index contributed by atoms with van der Waals surface area (Å²) in [6.45, 7) is 3.77. The Morgan fingerprint density at radius 2 is 1.53 bits per heavy atom. The Morgan fingerprint density at radius 3 is 1.79 bits per heavy atom. The number of unbranched alkanes of at least 4 members (excludes halogenated alkanes) is 3. The largest absolute Gasteiger partial charge is 1.00 e. The molecular formula is C9H16Na3O6P. The smallest absolute Gasteiger partial charge is 0.822 e. The number of rotatable bonds is 5. The van der Waals surface area contributed by atoms with Gasteiger partial charge in [0.1, 0.15) is 0 Å². The van der Waals surface area contributed by atoms with Crippen LogP contribution in [0.3, 0.4) is 0 Å². The van der Waals surface area contributed by atoms with Gasteiger partial charge in [-0.05, 0) is 19.8 Å². The Labute approximate surface area is 180 Å². The number of allylic oxidation sites excluding steroid dienone is 1. The predicted octanol–water partition coefficient (Wildman–Crippen LogP) is -9.22. The van der Waals surface area contributed by atoms with Gasteiger partial charge in [0, 0.05) is 5.57 Å². The molecule has 1 N–H and O–H groups in total. The van der Waals surface area contributed by atoms with Gasteiger partial charge >= 0.3 is 94.6 Å². The molecule has 0 unspecified atom stereocenters. The van der Waals surface area contributed by atoms with Crippen LogP contribution in [0.1, 0.15) is 39.5 Å². The van der Waals surface area contributed by atoms with Crippen molar-refractivity contribution >= 4 is 13.8 Å². The number of hydrogen-bond acceptors (Lipinski definition) is 5. The third-order valence-corrected chi connectivity index (χ3v) is 1.60. The molecule has 0 rings (SSSR count). The van der Waals surface area contributed by atoms with Crippen LogP contribution in [-0.4, -0.2) is 11.1 Å². The normalized spacial score (nSPS) is 9.84. The summed E-state index contributed by atoms with van der Waals surface area (Å²) >= 11 is 0. The standard InChI is InChI=1S/C9H16O2.3Na.H3O4P/c1-3-4-5-6-7-8(2)9(10)11;;;;1-5(2,3)4/h7H,3-6H2,1-2H3,(H,10,11);;;;(H3,1,2,3,4)/q;3*+1;/p-3. The van der Waals surface area contributed by atoms with Gasteiger partial charge in [0.2, 0.25) is 0 Å². The predicted molar refractivity (Wildman–Crippen MR) is 53.1 cm³/mol. The van der Waals surface area contributed by atoms with Gasteiger partial charge in [-0.15, -0.1) is 0 Å². The molecule has 10 heteroatoms. The SMILES string of the molecule is CCCCCC=C(C)C(=O)O.O=P([O-])([O-])[O-].[Na+].[Na+].[Na+]. The molecular weight excluding hydrogens is 304 g/mol. The minimum Gasteiger partial charge on any atom is -0.822 e. The second kappa shape index (κ2) is 20.3. The van der Waals surface area contributed by atoms with Crippen molar-refractivity contribution < 1.29 is 118 Å². The van der Waals surface area contributed by atoms with Gasteiger partial charge < -0.3 is 24.4 Å². The molecule has 0 amide bonds. The quantitative estimate of drug-likeness (QED) is 0.232. The molecule has 19 heavy (non-hydrogen) atoms. The average molecular weight is 320 g/mol. The molecule has 0 aliphatic carbocycles. The zero-order valence-electron chi connectivity index (χ0n) is 12.3. The van der Waals surface area contributed by atoms with E-state index in [2.05, 4.69) is 6.92 Å². The first-order valence-electron chi connectivity index (χ1n) is 4.81. The minimum absolute atomic E-state index is 0. The van der Waals surface area contributed by atoms with Gasteiger partial charge in [-0.25, -0.2) is 4.79 Å². The van der Waals surface area contributed by atoms with Crippen LogP contribution < -0.4 is 103 Å². The zero-order chi connectivity index (χ0) is 13.2. The van der Waals surface area contributed by atoms with Crippen molar-refractivity contribution in [3.05, 3.63) is 11.6 Å². The van der Waals surface area contributed by atoms with Gasteiger partial charge in [-0.3, -0.25) is 0 Å². The Bertz CT molecular complexity index is 271. The third-order valence-electron chi connectivity index (χ3n) is 1.60. The summed E-state index contributed by atoms with van der Waals surface area (Å²) in [4.78, 5) is 35.9. The molecule has 0 aliphatic rings.